The van der Waals surface area contributed by atoms with Gasteiger partial charge in [0, 0.05) is 23.5 Å². The second kappa shape index (κ2) is 10.3. The first-order valence-corrected chi connectivity index (χ1v) is 9.24. The molecule has 1 fully saturated rings. The van der Waals surface area contributed by atoms with Crippen molar-refractivity contribution in [3.63, 3.8) is 0 Å². The smallest absolute Gasteiger partial charge is 0.166 e. The van der Waals surface area contributed by atoms with E-state index in [-0.39, 0.29) is 35.7 Å². The van der Waals surface area contributed by atoms with E-state index in [0.29, 0.717) is 12.0 Å². The predicted molar refractivity (Wildman–Crippen MR) is 107 cm³/mol. The third-order valence-electron chi connectivity index (χ3n) is 5.06. The zero-order valence-corrected chi connectivity index (χ0v) is 16.1. The maximum Gasteiger partial charge on any atom is 0.166 e. The Morgan fingerprint density at radius 1 is 0.926 bits per heavy atom. The van der Waals surface area contributed by atoms with Crippen LogP contribution in [0.4, 0.5) is 4.39 Å². The highest BCUT2D eigenvalue weighted by molar-refractivity contribution is 5.98. The predicted octanol–water partition coefficient (Wildman–Crippen LogP) is 4.81. The van der Waals surface area contributed by atoms with Gasteiger partial charge in [-0.1, -0.05) is 30.3 Å². The molecule has 0 radical (unpaired) electrons. The molecule has 0 bridgehead atoms. The van der Waals surface area contributed by atoms with Crippen LogP contribution in [0.3, 0.4) is 0 Å². The number of benzene rings is 2. The van der Waals surface area contributed by atoms with Crippen LogP contribution >= 0.6 is 12.4 Å². The molecule has 0 saturated carbocycles. The summed E-state index contributed by atoms with van der Waals surface area (Å²) in [7, 11) is 0. The number of carbonyl (C=O) groups excluding carboxylic acids is 2. The van der Waals surface area contributed by atoms with E-state index in [9.17, 15) is 14.0 Å². The largest absolute Gasteiger partial charge is 0.303 e. The fraction of sp³-hybridized carbons (Fsp3) is 0.364. The molecule has 2 aromatic rings. The van der Waals surface area contributed by atoms with Crippen LogP contribution in [0.5, 0.6) is 0 Å². The lowest BCUT2D eigenvalue weighted by Crippen LogP contribution is -2.37. The molecular formula is C22H25ClFNO2. The van der Waals surface area contributed by atoms with Gasteiger partial charge in [-0.2, -0.15) is 0 Å². The number of halogens is 2. The molecule has 1 heterocycles. The van der Waals surface area contributed by atoms with E-state index >= 15 is 0 Å². The molecule has 3 nitrogen and oxygen atoms in total. The van der Waals surface area contributed by atoms with Gasteiger partial charge in [-0.15, -0.1) is 12.4 Å². The van der Waals surface area contributed by atoms with Crippen LogP contribution < -0.4 is 0 Å². The molecule has 1 saturated heterocycles. The van der Waals surface area contributed by atoms with Gasteiger partial charge < -0.3 is 4.90 Å². The Kier molecular flexibility index (Phi) is 8.14. The van der Waals surface area contributed by atoms with E-state index in [4.69, 9.17) is 0 Å². The maximum absolute atomic E-state index is 13.0. The fourth-order valence-corrected chi connectivity index (χ4v) is 3.50. The standard InChI is InChI=1S/C22H24FNO2.ClH/c23-20-10-8-18(9-11-20)22(26)19-12-15-24(16-13-19)14-4-7-21(25)17-5-2-1-3-6-17;/h1-3,5-6,8-11,19H,4,7,12-16H2;1H. The van der Waals surface area contributed by atoms with Crippen LogP contribution in [0.25, 0.3) is 0 Å². The van der Waals surface area contributed by atoms with Gasteiger partial charge in [-0.25, -0.2) is 4.39 Å². The Balaban J connectivity index is 0.00000261. The van der Waals surface area contributed by atoms with Gasteiger partial charge in [0.15, 0.2) is 11.6 Å². The molecule has 0 N–H and O–H groups in total. The summed E-state index contributed by atoms with van der Waals surface area (Å²) < 4.78 is 13.0. The van der Waals surface area contributed by atoms with E-state index < -0.39 is 0 Å². The average Bonchev–Trinajstić information content (AvgIpc) is 2.69. The molecule has 0 amide bonds. The normalized spacial score (nSPS) is 15.1. The Hall–Kier alpha value is -2.04. The van der Waals surface area contributed by atoms with E-state index in [0.717, 1.165) is 44.5 Å². The number of nitrogens with zero attached hydrogens (tertiary/aromatic N) is 1. The Morgan fingerprint density at radius 2 is 1.56 bits per heavy atom. The molecule has 2 aromatic carbocycles. The first-order chi connectivity index (χ1) is 12.6. The van der Waals surface area contributed by atoms with Gasteiger partial charge in [-0.3, -0.25) is 9.59 Å². The minimum atomic E-state index is -0.318. The van der Waals surface area contributed by atoms with Crippen molar-refractivity contribution in [2.75, 3.05) is 19.6 Å². The SMILES string of the molecule is Cl.O=C(CCCN1CCC(C(=O)c2ccc(F)cc2)CC1)c1ccccc1. The fourth-order valence-electron chi connectivity index (χ4n) is 3.50. The summed E-state index contributed by atoms with van der Waals surface area (Å²) in [6.45, 7) is 2.63. The lowest BCUT2D eigenvalue weighted by atomic mass is 9.89. The van der Waals surface area contributed by atoms with E-state index in [1.165, 1.54) is 12.1 Å². The number of ketones is 2. The number of piperidine rings is 1. The average molecular weight is 390 g/mol. The summed E-state index contributed by atoms with van der Waals surface area (Å²) in [5.41, 5.74) is 1.37. The van der Waals surface area contributed by atoms with Crippen LogP contribution in [0.1, 0.15) is 46.4 Å². The molecule has 3 rings (SSSR count). The number of Topliss-reactive ketones (excluding diaryl/α,β-unsaturated/α-hetero) is 2. The highest BCUT2D eigenvalue weighted by Crippen LogP contribution is 2.22. The van der Waals surface area contributed by atoms with E-state index in [2.05, 4.69) is 4.90 Å². The molecule has 27 heavy (non-hydrogen) atoms. The molecule has 0 aromatic heterocycles. The Bertz CT molecular complexity index is 741. The second-order valence-corrected chi connectivity index (χ2v) is 6.88. The van der Waals surface area contributed by atoms with Crippen LogP contribution in [0.2, 0.25) is 0 Å². The Labute approximate surface area is 166 Å². The molecule has 1 aliphatic rings. The highest BCUT2D eigenvalue weighted by atomic mass is 35.5. The quantitative estimate of drug-likeness (QED) is 0.638. The van der Waals surface area contributed by atoms with Crippen molar-refractivity contribution in [1.29, 1.82) is 0 Å². The minimum absolute atomic E-state index is 0. The van der Waals surface area contributed by atoms with Crippen LogP contribution in [0, 0.1) is 11.7 Å². The van der Waals surface area contributed by atoms with Crippen LogP contribution in [0.15, 0.2) is 54.6 Å². The van der Waals surface area contributed by atoms with Gasteiger partial charge in [0.1, 0.15) is 5.82 Å². The van der Waals surface area contributed by atoms with Crippen molar-refractivity contribution in [2.24, 2.45) is 5.92 Å². The molecule has 1 aliphatic heterocycles. The number of hydrogen-bond acceptors (Lipinski definition) is 3. The molecule has 0 spiro atoms. The van der Waals surface area contributed by atoms with Crippen molar-refractivity contribution >= 4 is 24.0 Å². The van der Waals surface area contributed by atoms with Gasteiger partial charge in [0.2, 0.25) is 0 Å². The third kappa shape index (κ3) is 5.98. The third-order valence-corrected chi connectivity index (χ3v) is 5.06. The summed E-state index contributed by atoms with van der Waals surface area (Å²) >= 11 is 0. The van der Waals surface area contributed by atoms with E-state index in [1.54, 1.807) is 12.1 Å². The molecule has 5 heteroatoms. The van der Waals surface area contributed by atoms with Gasteiger partial charge in [0.05, 0.1) is 0 Å². The highest BCUT2D eigenvalue weighted by Gasteiger charge is 2.25. The van der Waals surface area contributed by atoms with E-state index in [1.807, 2.05) is 30.3 Å². The van der Waals surface area contributed by atoms with Crippen molar-refractivity contribution in [2.45, 2.75) is 25.7 Å². The molecule has 144 valence electrons. The van der Waals surface area contributed by atoms with Gasteiger partial charge in [-0.05, 0) is 63.2 Å². The van der Waals surface area contributed by atoms with Gasteiger partial charge >= 0.3 is 0 Å². The van der Waals surface area contributed by atoms with Crippen molar-refractivity contribution < 1.29 is 14.0 Å². The second-order valence-electron chi connectivity index (χ2n) is 6.88. The Morgan fingerprint density at radius 3 is 2.19 bits per heavy atom. The minimum Gasteiger partial charge on any atom is -0.303 e. The number of rotatable bonds is 7. The van der Waals surface area contributed by atoms with Crippen LogP contribution in [-0.2, 0) is 0 Å². The van der Waals surface area contributed by atoms with Gasteiger partial charge in [0.25, 0.3) is 0 Å². The van der Waals surface area contributed by atoms with Crippen LogP contribution in [-0.4, -0.2) is 36.1 Å². The number of carbonyl (C=O) groups is 2. The molecular weight excluding hydrogens is 365 g/mol. The topological polar surface area (TPSA) is 37.4 Å². The summed E-state index contributed by atoms with van der Waals surface area (Å²) in [6, 6.07) is 15.2. The first-order valence-electron chi connectivity index (χ1n) is 9.24. The number of hydrogen-bond donors (Lipinski definition) is 0. The summed E-state index contributed by atoms with van der Waals surface area (Å²) in [5.74, 6) is -0.0000370. The zero-order valence-electron chi connectivity index (χ0n) is 15.3. The summed E-state index contributed by atoms with van der Waals surface area (Å²) in [4.78, 5) is 26.9. The molecule has 0 aliphatic carbocycles. The monoisotopic (exact) mass is 389 g/mol. The molecule has 0 atom stereocenters. The molecule has 0 unspecified atom stereocenters. The van der Waals surface area contributed by atoms with Crippen molar-refractivity contribution in [1.82, 2.24) is 4.90 Å². The van der Waals surface area contributed by atoms with Crippen molar-refractivity contribution in [3.8, 4) is 0 Å². The van der Waals surface area contributed by atoms with Crippen molar-refractivity contribution in [3.05, 3.63) is 71.5 Å². The first kappa shape index (κ1) is 21.3. The summed E-state index contributed by atoms with van der Waals surface area (Å²) in [5, 5.41) is 0. The summed E-state index contributed by atoms with van der Waals surface area (Å²) in [6.07, 6.45) is 3.04. The maximum atomic E-state index is 13.0. The lowest BCUT2D eigenvalue weighted by Gasteiger charge is -2.31. The lowest BCUT2D eigenvalue weighted by molar-refractivity contribution is 0.0837. The zero-order chi connectivity index (χ0) is 18.4. The number of likely N-dealkylation sites (tertiary alicyclic amines) is 1.